The summed E-state index contributed by atoms with van der Waals surface area (Å²) >= 11 is 1.64. The van der Waals surface area contributed by atoms with Crippen LogP contribution in [-0.4, -0.2) is 51.5 Å². The topological polar surface area (TPSA) is 96.3 Å². The average molecular weight is 452 g/mol. The van der Waals surface area contributed by atoms with Gasteiger partial charge in [0, 0.05) is 31.1 Å². The van der Waals surface area contributed by atoms with Crippen molar-refractivity contribution in [1.29, 1.82) is 0 Å². The summed E-state index contributed by atoms with van der Waals surface area (Å²) < 4.78 is 1.46. The van der Waals surface area contributed by atoms with Gasteiger partial charge in [0.05, 0.1) is 6.54 Å². The van der Waals surface area contributed by atoms with Gasteiger partial charge in [-0.15, -0.1) is 11.3 Å². The van der Waals surface area contributed by atoms with Crippen LogP contribution < -0.4 is 10.6 Å². The molecule has 8 nitrogen and oxygen atoms in total. The average Bonchev–Trinajstić information content (AvgIpc) is 3.46. The molecule has 166 valence electrons. The van der Waals surface area contributed by atoms with Crippen molar-refractivity contribution in [2.75, 3.05) is 13.6 Å². The zero-order valence-corrected chi connectivity index (χ0v) is 18.8. The minimum absolute atomic E-state index is 0.160. The first kappa shape index (κ1) is 21.8. The summed E-state index contributed by atoms with van der Waals surface area (Å²) in [6.07, 6.45) is 0.734. The molecule has 2 aromatic heterocycles. The molecule has 1 atom stereocenters. The van der Waals surface area contributed by atoms with Crippen LogP contribution in [-0.2, 0) is 24.3 Å². The Bertz CT molecular complexity index is 1130. The van der Waals surface area contributed by atoms with Crippen molar-refractivity contribution >= 4 is 29.1 Å². The summed E-state index contributed by atoms with van der Waals surface area (Å²) in [6, 6.07) is 15.0. The molecule has 0 unspecified atom stereocenters. The van der Waals surface area contributed by atoms with Crippen molar-refractivity contribution in [1.82, 2.24) is 25.3 Å². The molecule has 0 bridgehead atoms. The third kappa shape index (κ3) is 4.29. The number of hydrogen-bond acceptors (Lipinski definition) is 5. The van der Waals surface area contributed by atoms with E-state index in [1.165, 1.54) is 20.5 Å². The molecule has 1 aliphatic rings. The van der Waals surface area contributed by atoms with Gasteiger partial charge in [0.15, 0.2) is 5.69 Å². The largest absolute Gasteiger partial charge is 0.350 e. The summed E-state index contributed by atoms with van der Waals surface area (Å²) in [5, 5.41) is 12.1. The molecule has 4 rings (SSSR count). The van der Waals surface area contributed by atoms with Gasteiger partial charge >= 0.3 is 0 Å². The summed E-state index contributed by atoms with van der Waals surface area (Å²) in [6.45, 7) is 2.71. The third-order valence-corrected chi connectivity index (χ3v) is 6.69. The van der Waals surface area contributed by atoms with Crippen LogP contribution in [0.2, 0.25) is 0 Å². The number of carbonyl (C=O) groups excluding carboxylic acids is 3. The van der Waals surface area contributed by atoms with E-state index in [4.69, 9.17) is 0 Å². The Labute approximate surface area is 190 Å². The maximum Gasteiger partial charge on any atom is 0.272 e. The number of fused-ring (bicyclic) bond motifs is 1. The molecule has 9 heteroatoms. The number of thiophene rings is 1. The Morgan fingerprint density at radius 2 is 1.94 bits per heavy atom. The molecule has 1 aromatic carbocycles. The van der Waals surface area contributed by atoms with Crippen LogP contribution in [0.25, 0.3) is 0 Å². The van der Waals surface area contributed by atoms with Crippen molar-refractivity contribution in [3.8, 4) is 0 Å². The summed E-state index contributed by atoms with van der Waals surface area (Å²) in [5.74, 6) is -0.965. The lowest BCUT2D eigenvalue weighted by atomic mass is 9.96. The van der Waals surface area contributed by atoms with Crippen LogP contribution in [0.1, 0.15) is 38.3 Å². The van der Waals surface area contributed by atoms with Gasteiger partial charge in [-0.05, 0) is 30.4 Å². The predicted octanol–water partition coefficient (Wildman–Crippen LogP) is 2.08. The quantitative estimate of drug-likeness (QED) is 0.575. The predicted molar refractivity (Wildman–Crippen MR) is 121 cm³/mol. The highest BCUT2D eigenvalue weighted by molar-refractivity contribution is 7.09. The molecule has 0 spiro atoms. The van der Waals surface area contributed by atoms with Gasteiger partial charge in [-0.3, -0.25) is 19.1 Å². The van der Waals surface area contributed by atoms with Crippen LogP contribution in [0, 0.1) is 0 Å². The smallest absolute Gasteiger partial charge is 0.272 e. The number of carbonyl (C=O) groups is 3. The Kier molecular flexibility index (Phi) is 6.09. The lowest BCUT2D eigenvalue weighted by Gasteiger charge is -2.40. The summed E-state index contributed by atoms with van der Waals surface area (Å²) in [5.41, 5.74) is 0.305. The number of benzene rings is 1. The van der Waals surface area contributed by atoms with E-state index < -0.39 is 5.54 Å². The first-order valence-corrected chi connectivity index (χ1v) is 11.3. The lowest BCUT2D eigenvalue weighted by Crippen LogP contribution is -2.62. The molecule has 3 amide bonds. The standard InChI is InChI=1S/C23H25N5O3S/c1-23(22(31)25-14-16-7-4-3-5-8-16)15-28-19(21(30)27(23)2)13-18(26-28)20(29)24-11-10-17-9-6-12-32-17/h3-9,12-13H,10-11,14-15H2,1-2H3,(H,24,29)(H,25,31)/t23-/m0/s1. The molecule has 0 radical (unpaired) electrons. The number of rotatable bonds is 7. The number of hydrogen-bond donors (Lipinski definition) is 2. The van der Waals surface area contributed by atoms with Crippen molar-refractivity contribution in [2.24, 2.45) is 0 Å². The first-order valence-electron chi connectivity index (χ1n) is 10.4. The third-order valence-electron chi connectivity index (χ3n) is 5.76. The van der Waals surface area contributed by atoms with Gasteiger partial charge in [-0.25, -0.2) is 0 Å². The van der Waals surface area contributed by atoms with Crippen molar-refractivity contribution in [2.45, 2.75) is 32.0 Å². The maximum absolute atomic E-state index is 13.0. The number of likely N-dealkylation sites (N-methyl/N-ethyl adjacent to an activating group) is 1. The fourth-order valence-corrected chi connectivity index (χ4v) is 4.36. The number of amides is 3. The molecule has 0 fully saturated rings. The Morgan fingerprint density at radius 3 is 2.66 bits per heavy atom. The molecule has 3 aromatic rings. The van der Waals surface area contributed by atoms with E-state index in [0.717, 1.165) is 12.0 Å². The van der Waals surface area contributed by atoms with Crippen LogP contribution in [0.15, 0.2) is 53.9 Å². The maximum atomic E-state index is 13.0. The normalized spacial score (nSPS) is 17.7. The molecule has 0 aliphatic carbocycles. The fraction of sp³-hybridized carbons (Fsp3) is 0.304. The molecule has 0 saturated heterocycles. The highest BCUT2D eigenvalue weighted by atomic mass is 32.1. The molecule has 1 aliphatic heterocycles. The molecular weight excluding hydrogens is 426 g/mol. The Morgan fingerprint density at radius 1 is 1.16 bits per heavy atom. The van der Waals surface area contributed by atoms with Gasteiger partial charge in [-0.1, -0.05) is 36.4 Å². The van der Waals surface area contributed by atoms with Gasteiger partial charge in [0.25, 0.3) is 11.8 Å². The SMILES string of the molecule is CN1C(=O)c2cc(C(=O)NCCc3cccs3)nn2C[C@@]1(C)C(=O)NCc1ccccc1. The van der Waals surface area contributed by atoms with E-state index in [0.29, 0.717) is 18.8 Å². The van der Waals surface area contributed by atoms with Gasteiger partial charge < -0.3 is 15.5 Å². The molecule has 0 saturated carbocycles. The van der Waals surface area contributed by atoms with Crippen LogP contribution >= 0.6 is 11.3 Å². The zero-order chi connectivity index (χ0) is 22.7. The minimum atomic E-state index is -1.13. The van der Waals surface area contributed by atoms with Crippen molar-refractivity contribution in [3.05, 3.63) is 75.7 Å². The number of nitrogens with zero attached hydrogens (tertiary/aromatic N) is 3. The highest BCUT2D eigenvalue weighted by Gasteiger charge is 2.46. The number of aromatic nitrogens is 2. The lowest BCUT2D eigenvalue weighted by molar-refractivity contribution is -0.132. The minimum Gasteiger partial charge on any atom is -0.350 e. The van der Waals surface area contributed by atoms with E-state index >= 15 is 0 Å². The second-order valence-electron chi connectivity index (χ2n) is 7.96. The van der Waals surface area contributed by atoms with E-state index in [9.17, 15) is 14.4 Å². The molecule has 3 heterocycles. The van der Waals surface area contributed by atoms with Crippen LogP contribution in [0.4, 0.5) is 0 Å². The van der Waals surface area contributed by atoms with Crippen LogP contribution in [0.3, 0.4) is 0 Å². The first-order chi connectivity index (χ1) is 15.4. The Balaban J connectivity index is 1.44. The number of nitrogens with one attached hydrogen (secondary N) is 2. The van der Waals surface area contributed by atoms with Crippen molar-refractivity contribution in [3.63, 3.8) is 0 Å². The fourth-order valence-electron chi connectivity index (χ4n) is 3.65. The molecular formula is C23H25N5O3S. The van der Waals surface area contributed by atoms with Gasteiger partial charge in [0.1, 0.15) is 11.2 Å². The second kappa shape index (κ2) is 8.96. The van der Waals surface area contributed by atoms with E-state index in [-0.39, 0.29) is 30.0 Å². The van der Waals surface area contributed by atoms with Gasteiger partial charge in [-0.2, -0.15) is 5.10 Å². The monoisotopic (exact) mass is 451 g/mol. The van der Waals surface area contributed by atoms with Gasteiger partial charge in [0.2, 0.25) is 5.91 Å². The highest BCUT2D eigenvalue weighted by Crippen LogP contribution is 2.26. The van der Waals surface area contributed by atoms with Crippen LogP contribution in [0.5, 0.6) is 0 Å². The molecule has 2 N–H and O–H groups in total. The van der Waals surface area contributed by atoms with E-state index in [2.05, 4.69) is 15.7 Å². The summed E-state index contributed by atoms with van der Waals surface area (Å²) in [4.78, 5) is 41.1. The van der Waals surface area contributed by atoms with E-state index in [1.54, 1.807) is 25.3 Å². The molecule has 32 heavy (non-hydrogen) atoms. The van der Waals surface area contributed by atoms with Crippen molar-refractivity contribution < 1.29 is 14.4 Å². The zero-order valence-electron chi connectivity index (χ0n) is 18.0. The van der Waals surface area contributed by atoms with E-state index in [1.807, 2.05) is 47.8 Å². The summed E-state index contributed by atoms with van der Waals surface area (Å²) in [7, 11) is 1.60. The Hall–Kier alpha value is -3.46. The second-order valence-corrected chi connectivity index (χ2v) is 9.00.